The van der Waals surface area contributed by atoms with E-state index < -0.39 is 29.7 Å². The highest BCUT2D eigenvalue weighted by molar-refractivity contribution is 7.16. The molecule has 46 heavy (non-hydrogen) atoms. The van der Waals surface area contributed by atoms with Crippen molar-refractivity contribution in [2.75, 3.05) is 43.1 Å². The molecule has 1 atom stereocenters. The first-order chi connectivity index (χ1) is 22.0. The Kier molecular flexibility index (Phi) is 10.4. The molecule has 1 amide bonds. The average molecular weight is 664 g/mol. The molecule has 1 aromatic carbocycles. The van der Waals surface area contributed by atoms with Gasteiger partial charge in [0.25, 0.3) is 5.91 Å². The maximum Gasteiger partial charge on any atom is 0.419 e. The molecule has 16 heteroatoms. The molecule has 2 saturated heterocycles. The molecule has 12 nitrogen and oxygen atoms in total. The number of alkyl halides is 3. The summed E-state index contributed by atoms with van der Waals surface area (Å²) >= 11 is 0.951. The molecule has 246 valence electrons. The van der Waals surface area contributed by atoms with Crippen molar-refractivity contribution in [1.29, 1.82) is 0 Å². The Hall–Kier alpha value is -4.31. The number of halogens is 3. The van der Waals surface area contributed by atoms with Crippen LogP contribution in [-0.4, -0.2) is 71.8 Å². The SMILES string of the molecule is CCOC(=O)C1CCN(c2cnc(C(=O)Nc3nc(-c4ccc(OC5CCOC5)c(C(F)(F)F)c4)c(COC(C)=O)s3)cn2)CC1. The number of ether oxygens (including phenoxy) is 4. The lowest BCUT2D eigenvalue weighted by Gasteiger charge is -2.31. The quantitative estimate of drug-likeness (QED) is 0.297. The van der Waals surface area contributed by atoms with Crippen molar-refractivity contribution in [1.82, 2.24) is 15.0 Å². The van der Waals surface area contributed by atoms with Gasteiger partial charge in [0, 0.05) is 32.0 Å². The number of aromatic nitrogens is 3. The number of rotatable bonds is 10. The van der Waals surface area contributed by atoms with E-state index in [4.69, 9.17) is 18.9 Å². The van der Waals surface area contributed by atoms with E-state index in [0.29, 0.717) is 56.3 Å². The van der Waals surface area contributed by atoms with Crippen LogP contribution in [0.3, 0.4) is 0 Å². The molecule has 0 spiro atoms. The summed E-state index contributed by atoms with van der Waals surface area (Å²) in [5.41, 5.74) is -0.804. The van der Waals surface area contributed by atoms with Crippen LogP contribution in [0.2, 0.25) is 0 Å². The van der Waals surface area contributed by atoms with Crippen LogP contribution >= 0.6 is 11.3 Å². The van der Waals surface area contributed by atoms with Gasteiger partial charge >= 0.3 is 18.1 Å². The number of carbonyl (C=O) groups is 3. The number of anilines is 2. The van der Waals surface area contributed by atoms with Crippen LogP contribution < -0.4 is 15.0 Å². The van der Waals surface area contributed by atoms with Gasteiger partial charge in [-0.3, -0.25) is 19.7 Å². The van der Waals surface area contributed by atoms with Gasteiger partial charge in [0.1, 0.15) is 30.0 Å². The summed E-state index contributed by atoms with van der Waals surface area (Å²) in [4.78, 5) is 51.8. The van der Waals surface area contributed by atoms with E-state index in [-0.39, 0.29) is 52.9 Å². The fourth-order valence-corrected chi connectivity index (χ4v) is 5.94. The molecule has 1 N–H and O–H groups in total. The molecule has 2 aliphatic heterocycles. The van der Waals surface area contributed by atoms with E-state index in [2.05, 4.69) is 20.3 Å². The van der Waals surface area contributed by atoms with E-state index in [1.807, 2.05) is 4.90 Å². The van der Waals surface area contributed by atoms with Crippen LogP contribution in [0.4, 0.5) is 24.1 Å². The third-order valence-electron chi connectivity index (χ3n) is 7.37. The zero-order chi connectivity index (χ0) is 32.8. The van der Waals surface area contributed by atoms with Gasteiger partial charge in [-0.15, -0.1) is 0 Å². The van der Waals surface area contributed by atoms with Crippen molar-refractivity contribution in [2.24, 2.45) is 5.92 Å². The predicted octanol–water partition coefficient (Wildman–Crippen LogP) is 4.88. The number of thiazole rings is 1. The number of piperidine rings is 1. The molecule has 2 aliphatic rings. The zero-order valence-electron chi connectivity index (χ0n) is 25.1. The largest absolute Gasteiger partial charge is 0.487 e. The first-order valence-corrected chi connectivity index (χ1v) is 15.5. The number of benzene rings is 1. The number of nitrogens with one attached hydrogen (secondary N) is 1. The molecule has 0 bridgehead atoms. The van der Waals surface area contributed by atoms with E-state index >= 15 is 0 Å². The number of hydrogen-bond acceptors (Lipinski definition) is 12. The summed E-state index contributed by atoms with van der Waals surface area (Å²) < 4.78 is 63.2. The van der Waals surface area contributed by atoms with Gasteiger partial charge in [0.05, 0.1) is 54.3 Å². The fraction of sp³-hybridized carbons (Fsp3) is 0.467. The second kappa shape index (κ2) is 14.4. The lowest BCUT2D eigenvalue weighted by molar-refractivity contribution is -0.148. The van der Waals surface area contributed by atoms with Crippen LogP contribution in [-0.2, 0) is 36.6 Å². The van der Waals surface area contributed by atoms with Crippen LogP contribution in [0.1, 0.15) is 54.0 Å². The van der Waals surface area contributed by atoms with Crippen LogP contribution in [0, 0.1) is 5.92 Å². The molecule has 2 aromatic heterocycles. The van der Waals surface area contributed by atoms with Gasteiger partial charge in [-0.1, -0.05) is 11.3 Å². The third-order valence-corrected chi connectivity index (χ3v) is 8.32. The highest BCUT2D eigenvalue weighted by atomic mass is 32.1. The van der Waals surface area contributed by atoms with Gasteiger partial charge in [-0.2, -0.15) is 13.2 Å². The van der Waals surface area contributed by atoms with E-state index in [0.717, 1.165) is 17.4 Å². The van der Waals surface area contributed by atoms with Crippen molar-refractivity contribution >= 4 is 40.1 Å². The van der Waals surface area contributed by atoms with Crippen molar-refractivity contribution in [2.45, 2.75) is 52.0 Å². The van der Waals surface area contributed by atoms with E-state index in [1.54, 1.807) is 6.92 Å². The first kappa shape index (κ1) is 33.1. The van der Waals surface area contributed by atoms with Crippen molar-refractivity contribution in [3.8, 4) is 17.0 Å². The van der Waals surface area contributed by atoms with Crippen molar-refractivity contribution in [3.63, 3.8) is 0 Å². The van der Waals surface area contributed by atoms with Gasteiger partial charge in [-0.25, -0.2) is 15.0 Å². The number of hydrogen-bond donors (Lipinski definition) is 1. The highest BCUT2D eigenvalue weighted by Crippen LogP contribution is 2.41. The summed E-state index contributed by atoms with van der Waals surface area (Å²) in [6.45, 7) is 4.80. The molecule has 0 radical (unpaired) electrons. The van der Waals surface area contributed by atoms with Gasteiger partial charge in [-0.05, 0) is 38.0 Å². The van der Waals surface area contributed by atoms with Crippen LogP contribution in [0.5, 0.6) is 5.75 Å². The molecule has 1 unspecified atom stereocenters. The monoisotopic (exact) mass is 663 g/mol. The third kappa shape index (κ3) is 8.09. The molecule has 5 rings (SSSR count). The second-order valence-corrected chi connectivity index (χ2v) is 11.7. The lowest BCUT2D eigenvalue weighted by atomic mass is 9.97. The maximum absolute atomic E-state index is 14.1. The van der Waals surface area contributed by atoms with Crippen LogP contribution in [0.25, 0.3) is 11.3 Å². The minimum atomic E-state index is -4.73. The normalized spacial score (nSPS) is 17.1. The second-order valence-electron chi connectivity index (χ2n) is 10.6. The minimum Gasteiger partial charge on any atom is -0.487 e. The number of nitrogens with zero attached hydrogens (tertiary/aromatic N) is 4. The molecule has 2 fully saturated rings. The number of esters is 2. The maximum atomic E-state index is 14.1. The molecular weight excluding hydrogens is 631 g/mol. The van der Waals surface area contributed by atoms with Gasteiger partial charge < -0.3 is 23.8 Å². The zero-order valence-corrected chi connectivity index (χ0v) is 25.9. The summed E-state index contributed by atoms with van der Waals surface area (Å²) in [5, 5.41) is 2.67. The van der Waals surface area contributed by atoms with Crippen molar-refractivity contribution in [3.05, 3.63) is 46.7 Å². The lowest BCUT2D eigenvalue weighted by Crippen LogP contribution is -2.37. The highest BCUT2D eigenvalue weighted by Gasteiger charge is 2.36. The minimum absolute atomic E-state index is 0.0137. The Morgan fingerprint density at radius 1 is 1.11 bits per heavy atom. The summed E-state index contributed by atoms with van der Waals surface area (Å²) in [6.07, 6.45) is -0.757. The molecule has 3 aromatic rings. The van der Waals surface area contributed by atoms with Gasteiger partial charge in [0.15, 0.2) is 5.13 Å². The predicted molar refractivity (Wildman–Crippen MR) is 159 cm³/mol. The van der Waals surface area contributed by atoms with Crippen molar-refractivity contribution < 1.29 is 46.5 Å². The topological polar surface area (TPSA) is 142 Å². The molecule has 0 aliphatic carbocycles. The Morgan fingerprint density at radius 2 is 1.89 bits per heavy atom. The first-order valence-electron chi connectivity index (χ1n) is 14.7. The van der Waals surface area contributed by atoms with E-state index in [1.165, 1.54) is 31.5 Å². The Balaban J connectivity index is 1.32. The Labute approximate surface area is 266 Å². The summed E-state index contributed by atoms with van der Waals surface area (Å²) in [7, 11) is 0. The Morgan fingerprint density at radius 3 is 2.52 bits per heavy atom. The smallest absolute Gasteiger partial charge is 0.419 e. The Bertz CT molecular complexity index is 1550. The van der Waals surface area contributed by atoms with Crippen LogP contribution in [0.15, 0.2) is 30.6 Å². The summed E-state index contributed by atoms with van der Waals surface area (Å²) in [5.74, 6) is -1.39. The standard InChI is InChI=1S/C30H32F3N5O7S/c1-3-43-28(41)18-6-9-38(10-7-18)25-14-34-22(13-35-25)27(40)37-29-36-26(24(46-29)16-44-17(2)39)19-4-5-23(21(12-19)30(31,32)33)45-20-8-11-42-15-20/h4-5,12-14,18,20H,3,6-11,15-16H2,1-2H3,(H,36,37,40). The fourth-order valence-electron chi connectivity index (χ4n) is 5.05. The summed E-state index contributed by atoms with van der Waals surface area (Å²) in [6, 6.07) is 3.57. The van der Waals surface area contributed by atoms with Gasteiger partial charge in [0.2, 0.25) is 0 Å². The number of amides is 1. The molecule has 4 heterocycles. The van der Waals surface area contributed by atoms with E-state index in [9.17, 15) is 27.6 Å². The number of carbonyl (C=O) groups excluding carboxylic acids is 3. The average Bonchev–Trinajstić information content (AvgIpc) is 3.70. The molecular formula is C30H32F3N5O7S. The molecule has 0 saturated carbocycles.